The Morgan fingerprint density at radius 3 is 3.08 bits per heavy atom. The number of azide groups is 1. The second kappa shape index (κ2) is 4.08. The molecule has 0 saturated carbocycles. The first-order valence-corrected chi connectivity index (χ1v) is 3.64. The van der Waals surface area contributed by atoms with Crippen LogP contribution in [0.5, 0.6) is 0 Å². The Morgan fingerprint density at radius 2 is 2.54 bits per heavy atom. The predicted molar refractivity (Wildman–Crippen MR) is 40.4 cm³/mol. The van der Waals surface area contributed by atoms with Crippen LogP contribution in [-0.4, -0.2) is 36.6 Å². The lowest BCUT2D eigenvalue weighted by Crippen LogP contribution is -2.22. The molecule has 1 fully saturated rings. The fraction of sp³-hybridized carbons (Fsp3) is 0.833. The van der Waals surface area contributed by atoms with Crippen molar-refractivity contribution in [3.63, 3.8) is 0 Å². The van der Waals surface area contributed by atoms with E-state index in [-0.39, 0.29) is 6.42 Å². The van der Waals surface area contributed by atoms with Gasteiger partial charge >= 0.3 is 5.97 Å². The van der Waals surface area contributed by atoms with Crippen molar-refractivity contribution >= 4 is 5.97 Å². The molecule has 1 saturated heterocycles. The Balaban J connectivity index is 2.59. The standard InChI is InChI=1S/C6H9N3O4/c1-12-6(11)4-2-3(8-9-7)5(10)13-4/h3-5,10H,2H2,1H3/t3-,4-,5?/m0/s1. The smallest absolute Gasteiger partial charge is 0.335 e. The number of esters is 1. The third-order valence-electron chi connectivity index (χ3n) is 1.75. The van der Waals surface area contributed by atoms with Crippen LogP contribution in [0.2, 0.25) is 0 Å². The average molecular weight is 187 g/mol. The predicted octanol–water partition coefficient (Wildman–Crippen LogP) is -0.0544. The molecular formula is C6H9N3O4. The van der Waals surface area contributed by atoms with Gasteiger partial charge in [0.05, 0.1) is 13.2 Å². The van der Waals surface area contributed by atoms with E-state index < -0.39 is 24.4 Å². The van der Waals surface area contributed by atoms with Crippen LogP contribution in [-0.2, 0) is 14.3 Å². The quantitative estimate of drug-likeness (QED) is 0.283. The lowest BCUT2D eigenvalue weighted by molar-refractivity contribution is -0.163. The lowest BCUT2D eigenvalue weighted by Gasteiger charge is -2.06. The number of carbonyl (C=O) groups is 1. The molecule has 13 heavy (non-hydrogen) atoms. The molecule has 7 heteroatoms. The lowest BCUT2D eigenvalue weighted by atomic mass is 10.2. The van der Waals surface area contributed by atoms with Crippen LogP contribution in [0.3, 0.4) is 0 Å². The van der Waals surface area contributed by atoms with Crippen molar-refractivity contribution in [2.24, 2.45) is 5.11 Å². The summed E-state index contributed by atoms with van der Waals surface area (Å²) in [7, 11) is 1.22. The average Bonchev–Trinajstić information content (AvgIpc) is 2.47. The van der Waals surface area contributed by atoms with Gasteiger partial charge in [0.2, 0.25) is 0 Å². The van der Waals surface area contributed by atoms with Gasteiger partial charge in [-0.3, -0.25) is 0 Å². The summed E-state index contributed by atoms with van der Waals surface area (Å²) in [6.07, 6.45) is -1.91. The number of rotatable bonds is 2. The van der Waals surface area contributed by atoms with Crippen molar-refractivity contribution in [3.8, 4) is 0 Å². The summed E-state index contributed by atoms with van der Waals surface area (Å²) < 4.78 is 9.19. The van der Waals surface area contributed by atoms with E-state index in [0.717, 1.165) is 0 Å². The van der Waals surface area contributed by atoms with Gasteiger partial charge in [-0.15, -0.1) is 0 Å². The number of nitrogens with zero attached hydrogens (tertiary/aromatic N) is 3. The van der Waals surface area contributed by atoms with Gasteiger partial charge < -0.3 is 14.6 Å². The molecule has 0 aromatic heterocycles. The van der Waals surface area contributed by atoms with Gasteiger partial charge in [-0.1, -0.05) is 5.11 Å². The van der Waals surface area contributed by atoms with E-state index in [1.165, 1.54) is 7.11 Å². The number of carbonyl (C=O) groups excluding carboxylic acids is 1. The van der Waals surface area contributed by atoms with Gasteiger partial charge in [0.25, 0.3) is 0 Å². The normalized spacial score (nSPS) is 32.3. The Hall–Kier alpha value is -1.30. The zero-order valence-corrected chi connectivity index (χ0v) is 6.95. The third kappa shape index (κ3) is 2.09. The second-order valence-electron chi connectivity index (χ2n) is 2.55. The van der Waals surface area contributed by atoms with Gasteiger partial charge in [-0.05, 0) is 12.0 Å². The summed E-state index contributed by atoms with van der Waals surface area (Å²) in [6, 6.07) is -0.714. The molecule has 7 nitrogen and oxygen atoms in total. The molecule has 0 spiro atoms. The van der Waals surface area contributed by atoms with E-state index in [0.29, 0.717) is 0 Å². The molecule has 0 radical (unpaired) electrons. The first-order chi connectivity index (χ1) is 6.19. The molecule has 1 heterocycles. The summed E-state index contributed by atoms with van der Waals surface area (Å²) in [6.45, 7) is 0. The molecule has 1 aliphatic heterocycles. The molecule has 1 rings (SSSR count). The van der Waals surface area contributed by atoms with Crippen LogP contribution in [0.1, 0.15) is 6.42 Å². The monoisotopic (exact) mass is 187 g/mol. The molecule has 3 atom stereocenters. The van der Waals surface area contributed by atoms with Crippen LogP contribution in [0.4, 0.5) is 0 Å². The molecule has 0 bridgehead atoms. The summed E-state index contributed by atoms with van der Waals surface area (Å²) in [5.74, 6) is -0.574. The number of hydrogen-bond acceptors (Lipinski definition) is 5. The molecule has 0 amide bonds. The zero-order chi connectivity index (χ0) is 9.84. The highest BCUT2D eigenvalue weighted by Gasteiger charge is 2.37. The van der Waals surface area contributed by atoms with Gasteiger partial charge in [0.1, 0.15) is 0 Å². The highest BCUT2D eigenvalue weighted by molar-refractivity contribution is 5.74. The number of methoxy groups -OCH3 is 1. The molecule has 0 aromatic carbocycles. The van der Waals surface area contributed by atoms with Crippen molar-refractivity contribution in [1.82, 2.24) is 0 Å². The van der Waals surface area contributed by atoms with E-state index in [1.54, 1.807) is 0 Å². The maximum Gasteiger partial charge on any atom is 0.335 e. The van der Waals surface area contributed by atoms with Crippen molar-refractivity contribution in [2.75, 3.05) is 7.11 Å². The van der Waals surface area contributed by atoms with Gasteiger partial charge in [-0.2, -0.15) is 0 Å². The number of aliphatic hydroxyl groups excluding tert-OH is 1. The summed E-state index contributed by atoms with van der Waals surface area (Å²) in [5.41, 5.74) is 8.10. The van der Waals surface area contributed by atoms with Gasteiger partial charge in [0.15, 0.2) is 12.4 Å². The topological polar surface area (TPSA) is 105 Å². The van der Waals surface area contributed by atoms with Gasteiger partial charge in [0, 0.05) is 4.91 Å². The second-order valence-corrected chi connectivity index (χ2v) is 2.55. The SMILES string of the molecule is COC(=O)[C@@H]1C[C@H](N=[N+]=[N-])C(O)O1. The van der Waals surface area contributed by atoms with E-state index in [2.05, 4.69) is 14.8 Å². The third-order valence-corrected chi connectivity index (χ3v) is 1.75. The zero-order valence-electron chi connectivity index (χ0n) is 6.95. The van der Waals surface area contributed by atoms with E-state index in [4.69, 9.17) is 15.4 Å². The van der Waals surface area contributed by atoms with E-state index in [9.17, 15) is 4.79 Å². The minimum atomic E-state index is -1.22. The Morgan fingerprint density at radius 1 is 1.85 bits per heavy atom. The first-order valence-electron chi connectivity index (χ1n) is 3.64. The number of hydrogen-bond donors (Lipinski definition) is 1. The van der Waals surface area contributed by atoms with Crippen LogP contribution >= 0.6 is 0 Å². The number of aliphatic hydroxyl groups is 1. The highest BCUT2D eigenvalue weighted by atomic mass is 16.6. The molecular weight excluding hydrogens is 178 g/mol. The summed E-state index contributed by atoms with van der Waals surface area (Å²) in [5, 5.41) is 12.4. The van der Waals surface area contributed by atoms with Crippen LogP contribution in [0.25, 0.3) is 10.4 Å². The fourth-order valence-electron chi connectivity index (χ4n) is 1.10. The minimum absolute atomic E-state index is 0.151. The molecule has 1 unspecified atom stereocenters. The van der Waals surface area contributed by atoms with Crippen molar-refractivity contribution in [1.29, 1.82) is 0 Å². The molecule has 0 aromatic rings. The number of ether oxygens (including phenoxy) is 2. The Kier molecular flexibility index (Phi) is 3.07. The largest absolute Gasteiger partial charge is 0.467 e. The molecule has 1 N–H and O–H groups in total. The Labute approximate surface area is 73.9 Å². The Bertz CT molecular complexity index is 250. The van der Waals surface area contributed by atoms with Crippen LogP contribution in [0, 0.1) is 0 Å². The first kappa shape index (κ1) is 9.79. The molecule has 72 valence electrons. The van der Waals surface area contributed by atoms with Gasteiger partial charge in [-0.25, -0.2) is 4.79 Å². The van der Waals surface area contributed by atoms with Crippen molar-refractivity contribution in [2.45, 2.75) is 24.9 Å². The maximum atomic E-state index is 10.9. The fourth-order valence-corrected chi connectivity index (χ4v) is 1.10. The van der Waals surface area contributed by atoms with Crippen molar-refractivity contribution in [3.05, 3.63) is 10.4 Å². The highest BCUT2D eigenvalue weighted by Crippen LogP contribution is 2.22. The maximum absolute atomic E-state index is 10.9. The van der Waals surface area contributed by atoms with Crippen molar-refractivity contribution < 1.29 is 19.4 Å². The minimum Gasteiger partial charge on any atom is -0.467 e. The van der Waals surface area contributed by atoms with E-state index >= 15 is 0 Å². The summed E-state index contributed by atoms with van der Waals surface area (Å²) in [4.78, 5) is 13.4. The van der Waals surface area contributed by atoms with E-state index in [1.807, 2.05) is 0 Å². The molecule has 1 aliphatic rings. The van der Waals surface area contributed by atoms with Crippen LogP contribution in [0.15, 0.2) is 5.11 Å². The molecule has 0 aliphatic carbocycles. The summed E-state index contributed by atoms with van der Waals surface area (Å²) >= 11 is 0. The van der Waals surface area contributed by atoms with Crippen LogP contribution < -0.4 is 0 Å².